The standard InChI is InChI=1S/C13H21N3S/c1-9-7-17-12(15-9)13(14-3)6-10(2)16(8-13)11-4-5-11/h7,10-11,14H,4-6,8H2,1-3H3. The molecule has 1 aromatic rings. The molecule has 2 aliphatic rings. The van der Waals surface area contributed by atoms with E-state index in [1.807, 2.05) is 0 Å². The lowest BCUT2D eigenvalue weighted by Crippen LogP contribution is -2.43. The summed E-state index contributed by atoms with van der Waals surface area (Å²) >= 11 is 1.81. The van der Waals surface area contributed by atoms with E-state index in [1.54, 1.807) is 11.3 Å². The predicted molar refractivity (Wildman–Crippen MR) is 71.4 cm³/mol. The Hall–Kier alpha value is -0.450. The van der Waals surface area contributed by atoms with Crippen LogP contribution in [0.25, 0.3) is 0 Å². The summed E-state index contributed by atoms with van der Waals surface area (Å²) in [5, 5.41) is 6.99. The maximum Gasteiger partial charge on any atom is 0.114 e. The quantitative estimate of drug-likeness (QED) is 0.892. The average molecular weight is 251 g/mol. The van der Waals surface area contributed by atoms with Gasteiger partial charge < -0.3 is 5.32 Å². The van der Waals surface area contributed by atoms with E-state index in [1.165, 1.54) is 24.3 Å². The van der Waals surface area contributed by atoms with Crippen molar-refractivity contribution in [1.82, 2.24) is 15.2 Å². The molecule has 94 valence electrons. The van der Waals surface area contributed by atoms with Crippen molar-refractivity contribution in [3.63, 3.8) is 0 Å². The van der Waals surface area contributed by atoms with Gasteiger partial charge in [0, 0.05) is 29.7 Å². The van der Waals surface area contributed by atoms with Crippen LogP contribution in [0.3, 0.4) is 0 Å². The Balaban J connectivity index is 1.88. The molecule has 0 bridgehead atoms. The molecule has 0 amide bonds. The molecule has 1 aromatic heterocycles. The topological polar surface area (TPSA) is 28.2 Å². The molecule has 3 rings (SSSR count). The molecule has 1 aliphatic heterocycles. The molecule has 0 radical (unpaired) electrons. The summed E-state index contributed by atoms with van der Waals surface area (Å²) in [4.78, 5) is 7.39. The molecule has 1 saturated carbocycles. The average Bonchev–Trinajstić information content (AvgIpc) is 2.97. The fourth-order valence-corrected chi connectivity index (χ4v) is 4.07. The van der Waals surface area contributed by atoms with Crippen molar-refractivity contribution in [2.45, 2.75) is 50.7 Å². The minimum absolute atomic E-state index is 0.0981. The van der Waals surface area contributed by atoms with Gasteiger partial charge >= 0.3 is 0 Å². The molecular formula is C13H21N3S. The Labute approximate surface area is 107 Å². The van der Waals surface area contributed by atoms with Gasteiger partial charge in [-0.1, -0.05) is 0 Å². The number of hydrogen-bond donors (Lipinski definition) is 1. The van der Waals surface area contributed by atoms with Gasteiger partial charge in [-0.25, -0.2) is 4.98 Å². The molecule has 0 aromatic carbocycles. The third-order valence-electron chi connectivity index (χ3n) is 4.19. The number of aryl methyl sites for hydroxylation is 1. The molecule has 2 unspecified atom stereocenters. The van der Waals surface area contributed by atoms with Gasteiger partial charge in [0.2, 0.25) is 0 Å². The van der Waals surface area contributed by atoms with Gasteiger partial charge in [0.15, 0.2) is 0 Å². The number of hydrogen-bond acceptors (Lipinski definition) is 4. The van der Waals surface area contributed by atoms with Crippen LogP contribution in [-0.4, -0.2) is 35.6 Å². The molecule has 17 heavy (non-hydrogen) atoms. The number of likely N-dealkylation sites (N-methyl/N-ethyl adjacent to an activating group) is 1. The second-order valence-electron chi connectivity index (χ2n) is 5.58. The highest BCUT2D eigenvalue weighted by Crippen LogP contribution is 2.42. The largest absolute Gasteiger partial charge is 0.307 e. The van der Waals surface area contributed by atoms with Crippen molar-refractivity contribution in [1.29, 1.82) is 0 Å². The molecule has 2 fully saturated rings. The predicted octanol–water partition coefficient (Wildman–Crippen LogP) is 2.12. The molecule has 1 N–H and O–H groups in total. The monoisotopic (exact) mass is 251 g/mol. The van der Waals surface area contributed by atoms with Crippen LogP contribution in [0.2, 0.25) is 0 Å². The van der Waals surface area contributed by atoms with E-state index in [-0.39, 0.29) is 5.54 Å². The van der Waals surface area contributed by atoms with Gasteiger partial charge in [-0.2, -0.15) is 0 Å². The third kappa shape index (κ3) is 1.92. The molecule has 1 saturated heterocycles. The van der Waals surface area contributed by atoms with Gasteiger partial charge in [0.1, 0.15) is 5.01 Å². The lowest BCUT2D eigenvalue weighted by atomic mass is 9.97. The fraction of sp³-hybridized carbons (Fsp3) is 0.769. The van der Waals surface area contributed by atoms with Crippen molar-refractivity contribution >= 4 is 11.3 Å². The number of likely N-dealkylation sites (tertiary alicyclic amines) is 1. The van der Waals surface area contributed by atoms with Crippen molar-refractivity contribution < 1.29 is 0 Å². The molecule has 1 aliphatic carbocycles. The van der Waals surface area contributed by atoms with Crippen LogP contribution in [-0.2, 0) is 5.54 Å². The van der Waals surface area contributed by atoms with Crippen LogP contribution < -0.4 is 5.32 Å². The van der Waals surface area contributed by atoms with E-state index in [2.05, 4.69) is 36.5 Å². The molecule has 0 spiro atoms. The second kappa shape index (κ2) is 4.04. The maximum atomic E-state index is 4.71. The Morgan fingerprint density at radius 2 is 2.29 bits per heavy atom. The Morgan fingerprint density at radius 3 is 2.82 bits per heavy atom. The van der Waals surface area contributed by atoms with Crippen LogP contribution in [0.5, 0.6) is 0 Å². The first-order valence-electron chi connectivity index (χ1n) is 6.52. The van der Waals surface area contributed by atoms with Crippen molar-refractivity contribution in [2.24, 2.45) is 0 Å². The van der Waals surface area contributed by atoms with Gasteiger partial charge in [-0.15, -0.1) is 11.3 Å². The zero-order valence-corrected chi connectivity index (χ0v) is 11.7. The molecule has 2 heterocycles. The molecule has 2 atom stereocenters. The van der Waals surface area contributed by atoms with E-state index in [9.17, 15) is 0 Å². The summed E-state index contributed by atoms with van der Waals surface area (Å²) in [6, 6.07) is 1.53. The summed E-state index contributed by atoms with van der Waals surface area (Å²) in [5.41, 5.74) is 1.25. The van der Waals surface area contributed by atoms with Crippen LogP contribution in [0.15, 0.2) is 5.38 Å². The minimum atomic E-state index is 0.0981. The molecular weight excluding hydrogens is 230 g/mol. The fourth-order valence-electron chi connectivity index (χ4n) is 3.07. The highest BCUT2D eigenvalue weighted by Gasteiger charge is 2.48. The summed E-state index contributed by atoms with van der Waals surface area (Å²) < 4.78 is 0. The zero-order valence-electron chi connectivity index (χ0n) is 10.9. The number of rotatable bonds is 3. The van der Waals surface area contributed by atoms with E-state index < -0.39 is 0 Å². The number of nitrogens with zero attached hydrogens (tertiary/aromatic N) is 2. The third-order valence-corrected chi connectivity index (χ3v) is 5.35. The summed E-state index contributed by atoms with van der Waals surface area (Å²) in [5.74, 6) is 0. The van der Waals surface area contributed by atoms with Crippen LogP contribution >= 0.6 is 11.3 Å². The first-order chi connectivity index (χ1) is 8.14. The van der Waals surface area contributed by atoms with Crippen molar-refractivity contribution in [3.8, 4) is 0 Å². The number of nitrogens with one attached hydrogen (secondary N) is 1. The van der Waals surface area contributed by atoms with Gasteiger partial charge in [-0.05, 0) is 40.2 Å². The Morgan fingerprint density at radius 1 is 1.53 bits per heavy atom. The minimum Gasteiger partial charge on any atom is -0.307 e. The van der Waals surface area contributed by atoms with E-state index in [4.69, 9.17) is 4.98 Å². The maximum absolute atomic E-state index is 4.71. The van der Waals surface area contributed by atoms with Gasteiger partial charge in [0.05, 0.1) is 5.54 Å². The van der Waals surface area contributed by atoms with E-state index in [0.717, 1.165) is 18.3 Å². The summed E-state index contributed by atoms with van der Waals surface area (Å²) in [6.45, 7) is 5.57. The lowest BCUT2D eigenvalue weighted by molar-refractivity contribution is 0.243. The van der Waals surface area contributed by atoms with Crippen LogP contribution in [0, 0.1) is 6.92 Å². The van der Waals surface area contributed by atoms with Gasteiger partial charge in [0.25, 0.3) is 0 Å². The number of thiazole rings is 1. The Bertz CT molecular complexity index is 413. The van der Waals surface area contributed by atoms with Crippen LogP contribution in [0.4, 0.5) is 0 Å². The number of aromatic nitrogens is 1. The van der Waals surface area contributed by atoms with E-state index in [0.29, 0.717) is 6.04 Å². The zero-order chi connectivity index (χ0) is 12.0. The van der Waals surface area contributed by atoms with Gasteiger partial charge in [-0.3, -0.25) is 4.90 Å². The Kier molecular flexibility index (Phi) is 2.76. The SMILES string of the molecule is CNC1(c2nc(C)cs2)CC(C)N(C2CC2)C1. The second-order valence-corrected chi connectivity index (χ2v) is 6.44. The first kappa shape index (κ1) is 11.6. The van der Waals surface area contributed by atoms with Crippen LogP contribution in [0.1, 0.15) is 36.9 Å². The molecule has 4 heteroatoms. The normalized spacial score (nSPS) is 34.4. The molecule has 3 nitrogen and oxygen atoms in total. The smallest absolute Gasteiger partial charge is 0.114 e. The summed E-state index contributed by atoms with van der Waals surface area (Å²) in [6.07, 6.45) is 3.97. The van der Waals surface area contributed by atoms with E-state index >= 15 is 0 Å². The summed E-state index contributed by atoms with van der Waals surface area (Å²) in [7, 11) is 2.08. The highest BCUT2D eigenvalue weighted by atomic mass is 32.1. The van der Waals surface area contributed by atoms with Crippen molar-refractivity contribution in [2.75, 3.05) is 13.6 Å². The first-order valence-corrected chi connectivity index (χ1v) is 7.40. The van der Waals surface area contributed by atoms with Crippen molar-refractivity contribution in [3.05, 3.63) is 16.1 Å². The lowest BCUT2D eigenvalue weighted by Gasteiger charge is -2.27. The highest BCUT2D eigenvalue weighted by molar-refractivity contribution is 7.09.